The average molecular weight is 306 g/mol. The Morgan fingerprint density at radius 1 is 1.38 bits per heavy atom. The molecule has 2 aromatic rings. The van der Waals surface area contributed by atoms with Crippen molar-refractivity contribution in [2.24, 2.45) is 0 Å². The van der Waals surface area contributed by atoms with Crippen molar-refractivity contribution < 1.29 is 14.6 Å². The molecule has 0 amide bonds. The minimum absolute atomic E-state index is 0.0588. The summed E-state index contributed by atoms with van der Waals surface area (Å²) in [5.41, 5.74) is 0. The Labute approximate surface area is 127 Å². The van der Waals surface area contributed by atoms with Crippen LogP contribution in [0.1, 0.15) is 25.3 Å². The van der Waals surface area contributed by atoms with E-state index in [4.69, 9.17) is 9.47 Å². The summed E-state index contributed by atoms with van der Waals surface area (Å²) in [6, 6.07) is 4.01. The van der Waals surface area contributed by atoms with Crippen LogP contribution in [0.3, 0.4) is 0 Å². The Balaban J connectivity index is 1.67. The summed E-state index contributed by atoms with van der Waals surface area (Å²) in [7, 11) is 0. The zero-order valence-corrected chi connectivity index (χ0v) is 12.5. The highest BCUT2D eigenvalue weighted by Gasteiger charge is 2.45. The Bertz CT molecular complexity index is 604. The summed E-state index contributed by atoms with van der Waals surface area (Å²) in [5, 5.41) is 12.5. The van der Waals surface area contributed by atoms with Crippen LogP contribution >= 0.6 is 11.3 Å². The molecule has 1 aliphatic carbocycles. The summed E-state index contributed by atoms with van der Waals surface area (Å²) in [5.74, 6) is 0.394. The van der Waals surface area contributed by atoms with E-state index < -0.39 is 11.9 Å². The molecule has 2 aromatic heterocycles. The van der Waals surface area contributed by atoms with Crippen LogP contribution in [0, 0.1) is 0 Å². The van der Waals surface area contributed by atoms with Crippen molar-refractivity contribution in [3.8, 4) is 10.7 Å². The van der Waals surface area contributed by atoms with Gasteiger partial charge in [0, 0.05) is 25.2 Å². The van der Waals surface area contributed by atoms with Crippen LogP contribution in [-0.4, -0.2) is 39.8 Å². The molecule has 6 heteroatoms. The van der Waals surface area contributed by atoms with E-state index in [1.165, 1.54) is 0 Å². The molecule has 0 radical (unpaired) electrons. The number of hydrogen-bond acceptors (Lipinski definition) is 5. The van der Waals surface area contributed by atoms with E-state index in [0.717, 1.165) is 17.1 Å². The smallest absolute Gasteiger partial charge is 0.170 e. The number of aliphatic hydroxyl groups is 1. The summed E-state index contributed by atoms with van der Waals surface area (Å²) < 4.78 is 13.7. The molecule has 0 bridgehead atoms. The summed E-state index contributed by atoms with van der Waals surface area (Å²) in [6.45, 7) is 1.29. The Kier molecular flexibility index (Phi) is 3.34. The number of ether oxygens (including phenoxy) is 2. The number of thiophene rings is 1. The zero-order chi connectivity index (χ0) is 14.3. The van der Waals surface area contributed by atoms with Crippen LogP contribution in [0.5, 0.6) is 0 Å². The maximum absolute atomic E-state index is 10.5. The number of nitrogens with zero attached hydrogens (tertiary/aromatic N) is 2. The normalized spacial score (nSPS) is 28.2. The molecule has 2 atom stereocenters. The van der Waals surface area contributed by atoms with Crippen LogP contribution in [0.4, 0.5) is 0 Å². The molecule has 1 spiro atoms. The van der Waals surface area contributed by atoms with E-state index in [1.54, 1.807) is 17.5 Å². The second-order valence-electron chi connectivity index (χ2n) is 5.62. The van der Waals surface area contributed by atoms with Crippen LogP contribution in [0.15, 0.2) is 29.9 Å². The SMILES string of the molecule is OC1CCC2(CC1n1ccnc1-c1cccs1)OCCO2. The van der Waals surface area contributed by atoms with E-state index >= 15 is 0 Å². The van der Waals surface area contributed by atoms with Gasteiger partial charge in [-0.15, -0.1) is 11.3 Å². The first-order valence-corrected chi connectivity index (χ1v) is 8.18. The lowest BCUT2D eigenvalue weighted by Gasteiger charge is -2.39. The molecule has 3 heterocycles. The van der Waals surface area contributed by atoms with Crippen molar-refractivity contribution in [3.63, 3.8) is 0 Å². The number of aromatic nitrogens is 2. The van der Waals surface area contributed by atoms with Gasteiger partial charge in [0.15, 0.2) is 5.79 Å². The molecule has 112 valence electrons. The van der Waals surface area contributed by atoms with Crippen molar-refractivity contribution in [1.82, 2.24) is 9.55 Å². The third kappa shape index (κ3) is 2.32. The lowest BCUT2D eigenvalue weighted by molar-refractivity contribution is -0.199. The number of rotatable bonds is 2. The van der Waals surface area contributed by atoms with Gasteiger partial charge in [-0.05, 0) is 17.9 Å². The molecule has 1 saturated carbocycles. The van der Waals surface area contributed by atoms with Gasteiger partial charge >= 0.3 is 0 Å². The van der Waals surface area contributed by atoms with Gasteiger partial charge in [0.05, 0.1) is 30.2 Å². The highest BCUT2D eigenvalue weighted by atomic mass is 32.1. The second-order valence-corrected chi connectivity index (χ2v) is 6.57. The molecular formula is C15H18N2O3S. The average Bonchev–Trinajstić information content (AvgIpc) is 3.21. The first kappa shape index (κ1) is 13.5. The first-order valence-electron chi connectivity index (χ1n) is 7.30. The molecule has 21 heavy (non-hydrogen) atoms. The van der Waals surface area contributed by atoms with Crippen LogP contribution < -0.4 is 0 Å². The fourth-order valence-corrected chi connectivity index (χ4v) is 4.06. The maximum Gasteiger partial charge on any atom is 0.170 e. The predicted octanol–water partition coefficient (Wildman–Crippen LogP) is 2.44. The third-order valence-electron chi connectivity index (χ3n) is 4.37. The monoisotopic (exact) mass is 306 g/mol. The van der Waals surface area contributed by atoms with E-state index in [0.29, 0.717) is 26.1 Å². The summed E-state index contributed by atoms with van der Waals surface area (Å²) >= 11 is 1.66. The fraction of sp³-hybridized carbons (Fsp3) is 0.533. The van der Waals surface area contributed by atoms with Gasteiger partial charge in [0.2, 0.25) is 0 Å². The number of imidazole rings is 1. The molecular weight excluding hydrogens is 288 g/mol. The van der Waals surface area contributed by atoms with Crippen molar-refractivity contribution in [2.45, 2.75) is 37.2 Å². The molecule has 0 aromatic carbocycles. The fourth-order valence-electron chi connectivity index (χ4n) is 3.34. The molecule has 2 aliphatic rings. The van der Waals surface area contributed by atoms with Gasteiger partial charge in [-0.3, -0.25) is 0 Å². The number of hydrogen-bond donors (Lipinski definition) is 1. The van der Waals surface area contributed by atoms with Gasteiger partial charge in [-0.2, -0.15) is 0 Å². The lowest BCUT2D eigenvalue weighted by atomic mass is 9.87. The second kappa shape index (κ2) is 5.21. The van der Waals surface area contributed by atoms with Crippen molar-refractivity contribution in [1.29, 1.82) is 0 Å². The molecule has 1 aliphatic heterocycles. The van der Waals surface area contributed by atoms with E-state index in [2.05, 4.69) is 15.6 Å². The lowest BCUT2D eigenvalue weighted by Crippen LogP contribution is -2.43. The van der Waals surface area contributed by atoms with E-state index in [1.807, 2.05) is 17.6 Å². The van der Waals surface area contributed by atoms with Crippen molar-refractivity contribution in [2.75, 3.05) is 13.2 Å². The highest BCUT2D eigenvalue weighted by Crippen LogP contribution is 2.42. The zero-order valence-electron chi connectivity index (χ0n) is 11.6. The molecule has 1 saturated heterocycles. The van der Waals surface area contributed by atoms with Crippen molar-refractivity contribution >= 4 is 11.3 Å². The quantitative estimate of drug-likeness (QED) is 0.926. The standard InChI is InChI=1S/C15H18N2O3S/c18-12-3-4-15(19-7-8-20-15)10-11(12)17-6-5-16-14(17)13-2-1-9-21-13/h1-2,5-6,9,11-12,18H,3-4,7-8,10H2. The van der Waals surface area contributed by atoms with E-state index in [-0.39, 0.29) is 6.04 Å². The minimum atomic E-state index is -0.513. The summed E-state index contributed by atoms with van der Waals surface area (Å²) in [6.07, 6.45) is 5.45. The largest absolute Gasteiger partial charge is 0.391 e. The topological polar surface area (TPSA) is 56.5 Å². The van der Waals surface area contributed by atoms with Gasteiger partial charge < -0.3 is 19.1 Å². The molecule has 1 N–H and O–H groups in total. The highest BCUT2D eigenvalue weighted by molar-refractivity contribution is 7.13. The molecule has 5 nitrogen and oxygen atoms in total. The third-order valence-corrected chi connectivity index (χ3v) is 5.23. The van der Waals surface area contributed by atoms with E-state index in [9.17, 15) is 5.11 Å². The molecule has 4 rings (SSSR count). The molecule has 2 fully saturated rings. The minimum Gasteiger partial charge on any atom is -0.391 e. The van der Waals surface area contributed by atoms with Gasteiger partial charge in [0.1, 0.15) is 5.82 Å². The summed E-state index contributed by atoms with van der Waals surface area (Å²) in [4.78, 5) is 5.58. The van der Waals surface area contributed by atoms with Gasteiger partial charge in [0.25, 0.3) is 0 Å². The van der Waals surface area contributed by atoms with Gasteiger partial charge in [-0.25, -0.2) is 4.98 Å². The first-order chi connectivity index (χ1) is 10.3. The molecule has 2 unspecified atom stereocenters. The Morgan fingerprint density at radius 3 is 3.00 bits per heavy atom. The van der Waals surface area contributed by atoms with Crippen molar-refractivity contribution in [3.05, 3.63) is 29.9 Å². The van der Waals surface area contributed by atoms with Crippen LogP contribution in [0.25, 0.3) is 10.7 Å². The van der Waals surface area contributed by atoms with Crippen LogP contribution in [-0.2, 0) is 9.47 Å². The maximum atomic E-state index is 10.5. The predicted molar refractivity (Wildman–Crippen MR) is 79.1 cm³/mol. The Hall–Kier alpha value is -1.21. The Morgan fingerprint density at radius 2 is 2.24 bits per heavy atom. The van der Waals surface area contributed by atoms with Crippen LogP contribution in [0.2, 0.25) is 0 Å². The number of aliphatic hydroxyl groups excluding tert-OH is 1. The van der Waals surface area contributed by atoms with Gasteiger partial charge in [-0.1, -0.05) is 6.07 Å².